The van der Waals surface area contributed by atoms with Gasteiger partial charge in [-0.05, 0) is 24.1 Å². The van der Waals surface area contributed by atoms with Gasteiger partial charge in [0.05, 0.1) is 0 Å². The van der Waals surface area contributed by atoms with Gasteiger partial charge in [-0.15, -0.1) is 0 Å². The van der Waals surface area contributed by atoms with Crippen molar-refractivity contribution >= 4 is 11.6 Å². The molecular formula is C17H28N2O. The molecule has 0 aromatic heterocycles. The van der Waals surface area contributed by atoms with E-state index in [1.165, 1.54) is 32.1 Å². The van der Waals surface area contributed by atoms with Crippen LogP contribution < -0.4 is 5.73 Å². The van der Waals surface area contributed by atoms with Crippen LogP contribution in [-0.4, -0.2) is 17.9 Å². The molecule has 0 aliphatic rings. The second-order valence-corrected chi connectivity index (χ2v) is 5.51. The molecule has 0 unspecified atom stereocenters. The number of amides is 1. The molecule has 0 radical (unpaired) electrons. The topological polar surface area (TPSA) is 46.3 Å². The summed E-state index contributed by atoms with van der Waals surface area (Å²) < 4.78 is 0. The molecule has 0 aliphatic carbocycles. The van der Waals surface area contributed by atoms with Crippen LogP contribution in [0.5, 0.6) is 0 Å². The highest BCUT2D eigenvalue weighted by Gasteiger charge is 2.08. The van der Waals surface area contributed by atoms with E-state index in [1.54, 1.807) is 4.90 Å². The first-order valence-corrected chi connectivity index (χ1v) is 7.72. The number of hydrogen-bond acceptors (Lipinski definition) is 2. The van der Waals surface area contributed by atoms with E-state index in [1.807, 2.05) is 31.3 Å². The van der Waals surface area contributed by atoms with E-state index in [9.17, 15) is 4.79 Å². The van der Waals surface area contributed by atoms with Crippen LogP contribution in [-0.2, 0) is 11.3 Å². The molecular weight excluding hydrogens is 248 g/mol. The van der Waals surface area contributed by atoms with Gasteiger partial charge in [0, 0.05) is 25.7 Å². The summed E-state index contributed by atoms with van der Waals surface area (Å²) in [5.41, 5.74) is 7.53. The molecule has 1 amide bonds. The monoisotopic (exact) mass is 276 g/mol. The van der Waals surface area contributed by atoms with Gasteiger partial charge in [0.15, 0.2) is 0 Å². The molecule has 0 atom stereocenters. The highest BCUT2D eigenvalue weighted by atomic mass is 16.2. The normalized spacial score (nSPS) is 10.5. The van der Waals surface area contributed by atoms with Crippen molar-refractivity contribution in [2.24, 2.45) is 0 Å². The maximum atomic E-state index is 12.0. The lowest BCUT2D eigenvalue weighted by atomic mass is 10.1. The van der Waals surface area contributed by atoms with Gasteiger partial charge in [-0.1, -0.05) is 51.2 Å². The molecule has 0 fully saturated rings. The second kappa shape index (κ2) is 9.40. The molecule has 20 heavy (non-hydrogen) atoms. The zero-order valence-corrected chi connectivity index (χ0v) is 12.9. The minimum atomic E-state index is 0.234. The first kappa shape index (κ1) is 16.5. The Morgan fingerprint density at radius 2 is 1.65 bits per heavy atom. The molecule has 1 aromatic rings. The third-order valence-electron chi connectivity index (χ3n) is 3.57. The minimum Gasteiger partial charge on any atom is -0.399 e. The Morgan fingerprint density at radius 3 is 2.30 bits per heavy atom. The molecule has 1 rings (SSSR count). The summed E-state index contributed by atoms with van der Waals surface area (Å²) >= 11 is 0. The Bertz CT molecular complexity index is 386. The molecule has 0 saturated heterocycles. The number of carbonyl (C=O) groups excluding carboxylic acids is 1. The molecule has 0 saturated carbocycles. The number of hydrogen-bond donors (Lipinski definition) is 1. The maximum absolute atomic E-state index is 12.0. The third kappa shape index (κ3) is 6.60. The first-order chi connectivity index (χ1) is 9.63. The lowest BCUT2D eigenvalue weighted by Crippen LogP contribution is -2.25. The predicted octanol–water partition coefficient (Wildman–Crippen LogP) is 3.98. The van der Waals surface area contributed by atoms with Crippen LogP contribution in [0.2, 0.25) is 0 Å². The SMILES string of the molecule is CCCCCCCCC(=O)N(C)Cc1ccc(N)cc1. The number of nitrogen functional groups attached to an aromatic ring is 1. The largest absolute Gasteiger partial charge is 0.399 e. The summed E-state index contributed by atoms with van der Waals surface area (Å²) in [6, 6.07) is 7.70. The van der Waals surface area contributed by atoms with Crippen molar-refractivity contribution in [3.8, 4) is 0 Å². The molecule has 0 spiro atoms. The zero-order chi connectivity index (χ0) is 14.8. The molecule has 112 valence electrons. The van der Waals surface area contributed by atoms with Crippen molar-refractivity contribution in [1.29, 1.82) is 0 Å². The average Bonchev–Trinajstić information content (AvgIpc) is 2.45. The van der Waals surface area contributed by atoms with Crippen LogP contribution in [0.1, 0.15) is 57.4 Å². The van der Waals surface area contributed by atoms with Crippen LogP contribution >= 0.6 is 0 Å². The summed E-state index contributed by atoms with van der Waals surface area (Å²) in [6.07, 6.45) is 7.97. The summed E-state index contributed by atoms with van der Waals surface area (Å²) in [7, 11) is 1.87. The van der Waals surface area contributed by atoms with Crippen LogP contribution in [0.15, 0.2) is 24.3 Å². The Kier molecular flexibility index (Phi) is 7.78. The standard InChI is InChI=1S/C17H28N2O/c1-3-4-5-6-7-8-9-17(20)19(2)14-15-10-12-16(18)13-11-15/h10-13H,3-9,14,18H2,1-2H3. The van der Waals surface area contributed by atoms with Gasteiger partial charge in [0.25, 0.3) is 0 Å². The van der Waals surface area contributed by atoms with E-state index in [-0.39, 0.29) is 5.91 Å². The van der Waals surface area contributed by atoms with Gasteiger partial charge in [-0.25, -0.2) is 0 Å². The van der Waals surface area contributed by atoms with Crippen molar-refractivity contribution in [2.45, 2.75) is 58.4 Å². The smallest absolute Gasteiger partial charge is 0.222 e. The highest BCUT2D eigenvalue weighted by molar-refractivity contribution is 5.75. The Labute approximate surface area is 123 Å². The van der Waals surface area contributed by atoms with Crippen LogP contribution in [0, 0.1) is 0 Å². The van der Waals surface area contributed by atoms with Gasteiger partial charge in [0.2, 0.25) is 5.91 Å². The number of benzene rings is 1. The van der Waals surface area contributed by atoms with E-state index in [4.69, 9.17) is 5.73 Å². The molecule has 3 heteroatoms. The summed E-state index contributed by atoms with van der Waals surface area (Å²) in [5, 5.41) is 0. The fraction of sp³-hybridized carbons (Fsp3) is 0.588. The quantitative estimate of drug-likeness (QED) is 0.548. The Balaban J connectivity index is 2.20. The number of unbranched alkanes of at least 4 members (excludes halogenated alkanes) is 5. The minimum absolute atomic E-state index is 0.234. The van der Waals surface area contributed by atoms with E-state index >= 15 is 0 Å². The summed E-state index contributed by atoms with van der Waals surface area (Å²) in [5.74, 6) is 0.234. The number of rotatable bonds is 9. The van der Waals surface area contributed by atoms with Crippen molar-refractivity contribution in [1.82, 2.24) is 4.90 Å². The second-order valence-electron chi connectivity index (χ2n) is 5.51. The van der Waals surface area contributed by atoms with Gasteiger partial charge in [-0.2, -0.15) is 0 Å². The molecule has 0 bridgehead atoms. The van der Waals surface area contributed by atoms with Gasteiger partial charge in [-0.3, -0.25) is 4.79 Å². The molecule has 0 aliphatic heterocycles. The number of anilines is 1. The van der Waals surface area contributed by atoms with Gasteiger partial charge in [0.1, 0.15) is 0 Å². The predicted molar refractivity (Wildman–Crippen MR) is 85.3 cm³/mol. The lowest BCUT2D eigenvalue weighted by molar-refractivity contribution is -0.130. The fourth-order valence-electron chi connectivity index (χ4n) is 2.23. The van der Waals surface area contributed by atoms with Gasteiger partial charge >= 0.3 is 0 Å². The van der Waals surface area contributed by atoms with Crippen molar-refractivity contribution in [3.63, 3.8) is 0 Å². The van der Waals surface area contributed by atoms with Crippen LogP contribution in [0.4, 0.5) is 5.69 Å². The van der Waals surface area contributed by atoms with E-state index < -0.39 is 0 Å². The Hall–Kier alpha value is -1.51. The summed E-state index contributed by atoms with van der Waals surface area (Å²) in [4.78, 5) is 13.8. The van der Waals surface area contributed by atoms with E-state index in [2.05, 4.69) is 6.92 Å². The number of nitrogens with zero attached hydrogens (tertiary/aromatic N) is 1. The maximum Gasteiger partial charge on any atom is 0.222 e. The van der Waals surface area contributed by atoms with Crippen molar-refractivity contribution in [3.05, 3.63) is 29.8 Å². The molecule has 0 heterocycles. The van der Waals surface area contributed by atoms with Crippen molar-refractivity contribution in [2.75, 3.05) is 12.8 Å². The van der Waals surface area contributed by atoms with Crippen molar-refractivity contribution < 1.29 is 4.79 Å². The van der Waals surface area contributed by atoms with Gasteiger partial charge < -0.3 is 10.6 Å². The fourth-order valence-corrected chi connectivity index (χ4v) is 2.23. The first-order valence-electron chi connectivity index (χ1n) is 7.72. The third-order valence-corrected chi connectivity index (χ3v) is 3.57. The molecule has 3 nitrogen and oxygen atoms in total. The Morgan fingerprint density at radius 1 is 1.05 bits per heavy atom. The van der Waals surface area contributed by atoms with E-state index in [0.717, 1.165) is 17.7 Å². The number of carbonyl (C=O) groups is 1. The molecule has 2 N–H and O–H groups in total. The van der Waals surface area contributed by atoms with Crippen LogP contribution in [0.3, 0.4) is 0 Å². The lowest BCUT2D eigenvalue weighted by Gasteiger charge is -2.17. The summed E-state index contributed by atoms with van der Waals surface area (Å²) in [6.45, 7) is 2.88. The van der Waals surface area contributed by atoms with Crippen LogP contribution in [0.25, 0.3) is 0 Å². The molecule has 1 aromatic carbocycles. The average molecular weight is 276 g/mol. The number of nitrogens with two attached hydrogens (primary N) is 1. The highest BCUT2D eigenvalue weighted by Crippen LogP contribution is 2.11. The zero-order valence-electron chi connectivity index (χ0n) is 12.9. The van der Waals surface area contributed by atoms with E-state index in [0.29, 0.717) is 13.0 Å².